The maximum Gasteiger partial charge on any atom is 0.223 e. The van der Waals surface area contributed by atoms with Gasteiger partial charge in [-0.3, -0.25) is 4.79 Å². The first-order valence-electron chi connectivity index (χ1n) is 7.59. The summed E-state index contributed by atoms with van der Waals surface area (Å²) in [4.78, 5) is 12.1. The summed E-state index contributed by atoms with van der Waals surface area (Å²) in [6.07, 6.45) is 8.84. The summed E-state index contributed by atoms with van der Waals surface area (Å²) in [5.74, 6) is 1.07. The van der Waals surface area contributed by atoms with Gasteiger partial charge < -0.3 is 5.32 Å². The second-order valence-corrected chi connectivity index (χ2v) is 6.27. The van der Waals surface area contributed by atoms with Gasteiger partial charge in [-0.05, 0) is 38.0 Å². The third kappa shape index (κ3) is 5.60. The van der Waals surface area contributed by atoms with Crippen molar-refractivity contribution in [2.45, 2.75) is 70.6 Å². The monoisotopic (exact) mass is 273 g/mol. The number of carbonyl (C=O) groups excluding carboxylic acids is 1. The van der Waals surface area contributed by atoms with Gasteiger partial charge in [0.05, 0.1) is 0 Å². The quantitative estimate of drug-likeness (QED) is 0.695. The molecule has 1 rings (SSSR count). The molecule has 0 aliphatic heterocycles. The van der Waals surface area contributed by atoms with E-state index in [1.165, 1.54) is 12.8 Å². The van der Waals surface area contributed by atoms with Crippen LogP contribution >= 0.6 is 11.6 Å². The summed E-state index contributed by atoms with van der Waals surface area (Å²) >= 11 is 6.18. The lowest BCUT2D eigenvalue weighted by Gasteiger charge is -2.26. The normalized spacial score (nSPS) is 24.2. The van der Waals surface area contributed by atoms with Crippen molar-refractivity contribution in [3.63, 3.8) is 0 Å². The van der Waals surface area contributed by atoms with Crippen molar-refractivity contribution in [2.24, 2.45) is 11.8 Å². The summed E-state index contributed by atoms with van der Waals surface area (Å²) in [7, 11) is 0. The first-order chi connectivity index (χ1) is 8.67. The van der Waals surface area contributed by atoms with Crippen molar-refractivity contribution < 1.29 is 4.79 Å². The molecule has 1 aliphatic rings. The van der Waals surface area contributed by atoms with Crippen molar-refractivity contribution in [2.75, 3.05) is 6.54 Å². The molecular formula is C15H28ClNO. The van der Waals surface area contributed by atoms with Crippen LogP contribution < -0.4 is 5.32 Å². The SMILES string of the molecule is CCCC(CCC)C(=O)NCC1CCCC(Cl)C1. The Hall–Kier alpha value is -0.240. The number of nitrogens with one attached hydrogen (secondary N) is 1. The van der Waals surface area contributed by atoms with Gasteiger partial charge in [0.1, 0.15) is 0 Å². The molecule has 0 bridgehead atoms. The zero-order valence-electron chi connectivity index (χ0n) is 11.9. The van der Waals surface area contributed by atoms with Crippen LogP contribution in [0, 0.1) is 11.8 Å². The lowest BCUT2D eigenvalue weighted by molar-refractivity contribution is -0.125. The van der Waals surface area contributed by atoms with Crippen molar-refractivity contribution in [1.29, 1.82) is 0 Å². The molecule has 1 amide bonds. The van der Waals surface area contributed by atoms with E-state index in [-0.39, 0.29) is 11.8 Å². The van der Waals surface area contributed by atoms with Crippen LogP contribution in [-0.4, -0.2) is 17.8 Å². The largest absolute Gasteiger partial charge is 0.356 e. The minimum absolute atomic E-state index is 0.218. The van der Waals surface area contributed by atoms with E-state index in [0.29, 0.717) is 11.3 Å². The van der Waals surface area contributed by atoms with E-state index in [2.05, 4.69) is 19.2 Å². The van der Waals surface area contributed by atoms with Gasteiger partial charge in [0.25, 0.3) is 0 Å². The second-order valence-electron chi connectivity index (χ2n) is 5.65. The first kappa shape index (κ1) is 15.8. The van der Waals surface area contributed by atoms with Crippen molar-refractivity contribution in [1.82, 2.24) is 5.32 Å². The second kappa shape index (κ2) is 8.79. The first-order valence-corrected chi connectivity index (χ1v) is 8.02. The Bertz CT molecular complexity index is 239. The Morgan fingerprint density at radius 1 is 1.28 bits per heavy atom. The zero-order chi connectivity index (χ0) is 13.4. The number of rotatable bonds is 7. The summed E-state index contributed by atoms with van der Waals surface area (Å²) in [6.45, 7) is 5.12. The molecule has 2 nitrogen and oxygen atoms in total. The molecule has 3 heteroatoms. The molecule has 0 radical (unpaired) electrons. The Balaban J connectivity index is 2.29. The summed E-state index contributed by atoms with van der Waals surface area (Å²) < 4.78 is 0. The van der Waals surface area contributed by atoms with Gasteiger partial charge in [-0.2, -0.15) is 0 Å². The Morgan fingerprint density at radius 3 is 2.50 bits per heavy atom. The molecule has 1 aliphatic carbocycles. The van der Waals surface area contributed by atoms with Crippen LogP contribution in [0.25, 0.3) is 0 Å². The highest BCUT2D eigenvalue weighted by Crippen LogP contribution is 2.27. The van der Waals surface area contributed by atoms with Crippen LogP contribution in [0.1, 0.15) is 65.2 Å². The number of carbonyl (C=O) groups is 1. The minimum atomic E-state index is 0.218. The lowest BCUT2D eigenvalue weighted by atomic mass is 9.88. The average molecular weight is 274 g/mol. The average Bonchev–Trinajstić information content (AvgIpc) is 2.36. The van der Waals surface area contributed by atoms with Crippen LogP contribution in [0.5, 0.6) is 0 Å². The smallest absolute Gasteiger partial charge is 0.223 e. The number of hydrogen-bond acceptors (Lipinski definition) is 1. The van der Waals surface area contributed by atoms with E-state index in [9.17, 15) is 4.79 Å². The highest BCUT2D eigenvalue weighted by molar-refractivity contribution is 6.20. The van der Waals surface area contributed by atoms with Crippen LogP contribution in [0.2, 0.25) is 0 Å². The molecule has 0 spiro atoms. The molecule has 2 atom stereocenters. The topological polar surface area (TPSA) is 29.1 Å². The van der Waals surface area contributed by atoms with E-state index in [4.69, 9.17) is 11.6 Å². The van der Waals surface area contributed by atoms with Gasteiger partial charge >= 0.3 is 0 Å². The third-order valence-electron chi connectivity index (χ3n) is 3.93. The predicted molar refractivity (Wildman–Crippen MR) is 77.9 cm³/mol. The molecule has 2 unspecified atom stereocenters. The zero-order valence-corrected chi connectivity index (χ0v) is 12.6. The molecule has 0 heterocycles. The fourth-order valence-electron chi connectivity index (χ4n) is 2.90. The minimum Gasteiger partial charge on any atom is -0.356 e. The van der Waals surface area contributed by atoms with Crippen LogP contribution in [0.3, 0.4) is 0 Å². The molecule has 18 heavy (non-hydrogen) atoms. The molecular weight excluding hydrogens is 246 g/mol. The van der Waals surface area contributed by atoms with E-state index in [0.717, 1.165) is 45.1 Å². The third-order valence-corrected chi connectivity index (χ3v) is 4.33. The van der Waals surface area contributed by atoms with Gasteiger partial charge in [0.15, 0.2) is 0 Å². The fraction of sp³-hybridized carbons (Fsp3) is 0.933. The predicted octanol–water partition coefficient (Wildman–Crippen LogP) is 4.12. The molecule has 1 N–H and O–H groups in total. The number of alkyl halides is 1. The summed E-state index contributed by atoms with van der Waals surface area (Å²) in [6, 6.07) is 0. The maximum absolute atomic E-state index is 12.1. The maximum atomic E-state index is 12.1. The Kier molecular flexibility index (Phi) is 7.73. The summed E-state index contributed by atoms with van der Waals surface area (Å²) in [5, 5.41) is 3.47. The van der Waals surface area contributed by atoms with Gasteiger partial charge in [-0.25, -0.2) is 0 Å². The van der Waals surface area contributed by atoms with E-state index in [1.807, 2.05) is 0 Å². The van der Waals surface area contributed by atoms with Gasteiger partial charge in [-0.1, -0.05) is 33.1 Å². The number of amides is 1. The van der Waals surface area contributed by atoms with Gasteiger partial charge in [-0.15, -0.1) is 11.6 Å². The fourth-order valence-corrected chi connectivity index (χ4v) is 3.31. The highest BCUT2D eigenvalue weighted by atomic mass is 35.5. The summed E-state index contributed by atoms with van der Waals surface area (Å²) in [5.41, 5.74) is 0. The highest BCUT2D eigenvalue weighted by Gasteiger charge is 2.22. The van der Waals surface area contributed by atoms with Gasteiger partial charge in [0, 0.05) is 17.8 Å². The molecule has 0 aromatic heterocycles. The number of halogens is 1. The molecule has 1 fully saturated rings. The number of hydrogen-bond donors (Lipinski definition) is 1. The van der Waals surface area contributed by atoms with Crippen LogP contribution in [0.15, 0.2) is 0 Å². The standard InChI is InChI=1S/C15H28ClNO/c1-3-6-13(7-4-2)15(18)17-11-12-8-5-9-14(16)10-12/h12-14H,3-11H2,1-2H3,(H,17,18). The lowest BCUT2D eigenvalue weighted by Crippen LogP contribution is -2.36. The van der Waals surface area contributed by atoms with Gasteiger partial charge in [0.2, 0.25) is 5.91 Å². The molecule has 106 valence electrons. The molecule has 0 aromatic carbocycles. The molecule has 0 saturated heterocycles. The van der Waals surface area contributed by atoms with Crippen LogP contribution in [-0.2, 0) is 4.79 Å². The van der Waals surface area contributed by atoms with Crippen molar-refractivity contribution >= 4 is 17.5 Å². The van der Waals surface area contributed by atoms with Crippen LogP contribution in [0.4, 0.5) is 0 Å². The van der Waals surface area contributed by atoms with E-state index < -0.39 is 0 Å². The Labute approximate surface area is 117 Å². The van der Waals surface area contributed by atoms with Crippen molar-refractivity contribution in [3.8, 4) is 0 Å². The van der Waals surface area contributed by atoms with E-state index in [1.54, 1.807) is 0 Å². The molecule has 1 saturated carbocycles. The van der Waals surface area contributed by atoms with Crippen molar-refractivity contribution in [3.05, 3.63) is 0 Å². The molecule has 0 aromatic rings. The van der Waals surface area contributed by atoms with E-state index >= 15 is 0 Å². The Morgan fingerprint density at radius 2 is 1.94 bits per heavy atom.